The number of rotatable bonds is 8. The smallest absolute Gasteiger partial charge is 0.320 e. The molecule has 3 aromatic carbocycles. The van der Waals surface area contributed by atoms with Crippen molar-refractivity contribution in [3.8, 4) is 11.5 Å². The monoisotopic (exact) mass is 490 g/mol. The van der Waals surface area contributed by atoms with E-state index in [9.17, 15) is 9.59 Å². The summed E-state index contributed by atoms with van der Waals surface area (Å²) in [6.07, 6.45) is 0. The van der Waals surface area contributed by atoms with Gasteiger partial charge in [0, 0.05) is 0 Å². The maximum absolute atomic E-state index is 12.8. The third-order valence-corrected chi connectivity index (χ3v) is 5.87. The normalized spacial score (nSPS) is 11.3. The van der Waals surface area contributed by atoms with Gasteiger partial charge in [0.2, 0.25) is 0 Å². The molecule has 3 rings (SSSR count). The Morgan fingerprint density at radius 1 is 0.611 bits per heavy atom. The highest BCUT2D eigenvalue weighted by atomic mass is 16.5. The molecule has 8 nitrogen and oxygen atoms in total. The van der Waals surface area contributed by atoms with Crippen molar-refractivity contribution in [2.45, 2.75) is 38.8 Å². The number of para-hydroxylation sites is 4. The molecular formula is C28H34N4O4. The Bertz CT molecular complexity index is 1130. The molecule has 0 spiro atoms. The van der Waals surface area contributed by atoms with Crippen LogP contribution in [-0.2, 0) is 11.1 Å². The molecule has 0 heterocycles. The third kappa shape index (κ3) is 6.47. The summed E-state index contributed by atoms with van der Waals surface area (Å²) in [4.78, 5) is 25.5. The summed E-state index contributed by atoms with van der Waals surface area (Å²) in [6, 6.07) is 21.5. The van der Waals surface area contributed by atoms with Gasteiger partial charge in [0.05, 0.1) is 36.7 Å². The molecule has 0 aromatic heterocycles. The molecular weight excluding hydrogens is 456 g/mol. The molecule has 190 valence electrons. The fraction of sp³-hybridized carbons (Fsp3) is 0.286. The van der Waals surface area contributed by atoms with Crippen LogP contribution in [0.2, 0.25) is 0 Å². The molecule has 8 heteroatoms. The number of methoxy groups -OCH3 is 2. The molecule has 4 amide bonds. The second-order valence-corrected chi connectivity index (χ2v) is 9.39. The zero-order valence-corrected chi connectivity index (χ0v) is 21.6. The van der Waals surface area contributed by atoms with Gasteiger partial charge in [-0.05, 0) is 63.1 Å². The largest absolute Gasteiger partial charge is 0.495 e. The van der Waals surface area contributed by atoms with Crippen LogP contribution in [0.15, 0.2) is 72.8 Å². The van der Waals surface area contributed by atoms with Gasteiger partial charge in [0.1, 0.15) is 11.5 Å². The van der Waals surface area contributed by atoms with Crippen LogP contribution in [0.5, 0.6) is 11.5 Å². The summed E-state index contributed by atoms with van der Waals surface area (Å²) in [5.41, 5.74) is 1.53. The second-order valence-electron chi connectivity index (χ2n) is 9.39. The van der Waals surface area contributed by atoms with Gasteiger partial charge in [0.25, 0.3) is 0 Å². The molecule has 0 unspecified atom stereocenters. The molecule has 4 N–H and O–H groups in total. The average molecular weight is 491 g/mol. The van der Waals surface area contributed by atoms with Crippen molar-refractivity contribution in [1.82, 2.24) is 10.6 Å². The molecule has 0 saturated carbocycles. The number of benzene rings is 3. The van der Waals surface area contributed by atoms with E-state index in [1.54, 1.807) is 38.5 Å². The summed E-state index contributed by atoms with van der Waals surface area (Å²) >= 11 is 0. The van der Waals surface area contributed by atoms with Gasteiger partial charge in [-0.15, -0.1) is 0 Å². The Balaban J connectivity index is 1.72. The van der Waals surface area contributed by atoms with Crippen LogP contribution in [0, 0.1) is 0 Å². The summed E-state index contributed by atoms with van der Waals surface area (Å²) < 4.78 is 10.6. The van der Waals surface area contributed by atoms with Crippen molar-refractivity contribution in [2.75, 3.05) is 24.9 Å². The molecule has 0 fully saturated rings. The van der Waals surface area contributed by atoms with Gasteiger partial charge in [-0.25, -0.2) is 9.59 Å². The lowest BCUT2D eigenvalue weighted by Gasteiger charge is -2.31. The molecule has 0 aliphatic heterocycles. The van der Waals surface area contributed by atoms with Crippen LogP contribution in [0.3, 0.4) is 0 Å². The number of carbonyl (C=O) groups is 2. The van der Waals surface area contributed by atoms with Gasteiger partial charge in [-0.3, -0.25) is 0 Å². The fourth-order valence-corrected chi connectivity index (χ4v) is 3.81. The van der Waals surface area contributed by atoms with E-state index >= 15 is 0 Å². The minimum Gasteiger partial charge on any atom is -0.495 e. The first-order valence-corrected chi connectivity index (χ1v) is 11.6. The van der Waals surface area contributed by atoms with Crippen LogP contribution >= 0.6 is 0 Å². The van der Waals surface area contributed by atoms with E-state index in [1.165, 1.54) is 0 Å². The van der Waals surface area contributed by atoms with Gasteiger partial charge in [-0.2, -0.15) is 0 Å². The lowest BCUT2D eigenvalue weighted by molar-refractivity contribution is 0.241. The molecule has 0 saturated heterocycles. The first-order chi connectivity index (χ1) is 17.1. The maximum Gasteiger partial charge on any atom is 0.320 e. The molecule has 3 aromatic rings. The maximum atomic E-state index is 12.8. The van der Waals surface area contributed by atoms with Crippen molar-refractivity contribution in [3.63, 3.8) is 0 Å². The van der Waals surface area contributed by atoms with E-state index in [1.807, 2.05) is 76.2 Å². The van der Waals surface area contributed by atoms with Crippen molar-refractivity contribution in [3.05, 3.63) is 83.9 Å². The van der Waals surface area contributed by atoms with Crippen LogP contribution in [0.4, 0.5) is 21.0 Å². The molecule has 0 radical (unpaired) electrons. The van der Waals surface area contributed by atoms with Crippen molar-refractivity contribution in [1.29, 1.82) is 0 Å². The Hall–Kier alpha value is -4.20. The van der Waals surface area contributed by atoms with Crippen molar-refractivity contribution < 1.29 is 19.1 Å². The molecule has 0 bridgehead atoms. The van der Waals surface area contributed by atoms with Crippen LogP contribution < -0.4 is 30.7 Å². The number of nitrogens with one attached hydrogen (secondary N) is 4. The molecule has 36 heavy (non-hydrogen) atoms. The summed E-state index contributed by atoms with van der Waals surface area (Å²) in [7, 11) is 3.11. The number of anilines is 2. The van der Waals surface area contributed by atoms with Crippen molar-refractivity contribution in [2.24, 2.45) is 0 Å². The van der Waals surface area contributed by atoms with Gasteiger partial charge < -0.3 is 30.7 Å². The summed E-state index contributed by atoms with van der Waals surface area (Å²) in [5.74, 6) is 1.15. The minimum atomic E-state index is -0.697. The predicted molar refractivity (Wildman–Crippen MR) is 143 cm³/mol. The van der Waals surface area contributed by atoms with E-state index in [0.29, 0.717) is 22.9 Å². The quantitative estimate of drug-likeness (QED) is 0.320. The Morgan fingerprint density at radius 3 is 1.39 bits per heavy atom. The predicted octanol–water partition coefficient (Wildman–Crippen LogP) is 5.82. The van der Waals surface area contributed by atoms with Gasteiger partial charge in [-0.1, -0.05) is 48.5 Å². The minimum absolute atomic E-state index is 0.358. The van der Waals surface area contributed by atoms with Crippen LogP contribution in [0.1, 0.15) is 38.8 Å². The summed E-state index contributed by atoms with van der Waals surface area (Å²) in [6.45, 7) is 7.68. The molecule has 0 aliphatic rings. The van der Waals surface area contributed by atoms with Crippen LogP contribution in [0.25, 0.3) is 0 Å². The third-order valence-electron chi connectivity index (χ3n) is 5.87. The van der Waals surface area contributed by atoms with E-state index < -0.39 is 11.1 Å². The first kappa shape index (κ1) is 26.4. The standard InChI is InChI=1S/C28H34N4O4/c1-27(2,31-25(33)29-21-14-7-9-16-23(21)35-5)19-12-11-13-20(18-19)28(3,4)32-26(34)30-22-15-8-10-17-24(22)36-6/h7-18H,1-6H3,(H2,29,31,33)(H2,30,32,34). The Morgan fingerprint density at radius 2 is 1.00 bits per heavy atom. The topological polar surface area (TPSA) is 101 Å². The Kier molecular flexibility index (Phi) is 8.09. The number of urea groups is 2. The summed E-state index contributed by atoms with van der Waals surface area (Å²) in [5, 5.41) is 11.7. The number of carbonyl (C=O) groups excluding carboxylic acids is 2. The lowest BCUT2D eigenvalue weighted by atomic mass is 9.87. The zero-order valence-electron chi connectivity index (χ0n) is 21.6. The number of amides is 4. The number of ether oxygens (including phenoxy) is 2. The van der Waals surface area contributed by atoms with E-state index in [-0.39, 0.29) is 12.1 Å². The van der Waals surface area contributed by atoms with Crippen LogP contribution in [-0.4, -0.2) is 26.3 Å². The first-order valence-electron chi connectivity index (χ1n) is 11.6. The average Bonchev–Trinajstić information content (AvgIpc) is 2.84. The van der Waals surface area contributed by atoms with Gasteiger partial charge >= 0.3 is 12.1 Å². The highest BCUT2D eigenvalue weighted by Crippen LogP contribution is 2.28. The highest BCUT2D eigenvalue weighted by molar-refractivity contribution is 5.92. The van der Waals surface area contributed by atoms with E-state index in [0.717, 1.165) is 11.1 Å². The molecule has 0 atom stereocenters. The van der Waals surface area contributed by atoms with Crippen molar-refractivity contribution >= 4 is 23.4 Å². The Labute approximate surface area is 212 Å². The SMILES string of the molecule is COc1ccccc1NC(=O)NC(C)(C)c1cccc(C(C)(C)NC(=O)Nc2ccccc2OC)c1. The number of hydrogen-bond acceptors (Lipinski definition) is 4. The van der Waals surface area contributed by atoms with Gasteiger partial charge in [0.15, 0.2) is 0 Å². The second kappa shape index (κ2) is 11.0. The highest BCUT2D eigenvalue weighted by Gasteiger charge is 2.28. The van der Waals surface area contributed by atoms with E-state index in [4.69, 9.17) is 9.47 Å². The fourth-order valence-electron chi connectivity index (χ4n) is 3.81. The molecule has 0 aliphatic carbocycles. The number of hydrogen-bond donors (Lipinski definition) is 4. The van der Waals surface area contributed by atoms with E-state index in [2.05, 4.69) is 21.3 Å². The zero-order chi connectivity index (χ0) is 26.3. The lowest BCUT2D eigenvalue weighted by Crippen LogP contribution is -2.45.